The van der Waals surface area contributed by atoms with Crippen molar-refractivity contribution in [3.05, 3.63) is 58.6 Å². The number of hydrogen-bond donors (Lipinski definition) is 2. The molecule has 0 fully saturated rings. The molecule has 0 unspecified atom stereocenters. The molecule has 0 aromatic rings. The van der Waals surface area contributed by atoms with Crippen LogP contribution < -0.4 is 11.1 Å². The van der Waals surface area contributed by atoms with Crippen molar-refractivity contribution < 1.29 is 28.7 Å². The van der Waals surface area contributed by atoms with Crippen LogP contribution in [0.5, 0.6) is 0 Å². The largest absolute Gasteiger partial charge is 0.492 e. The van der Waals surface area contributed by atoms with Gasteiger partial charge in [0.2, 0.25) is 11.6 Å². The zero-order chi connectivity index (χ0) is 24.4. The first-order valence-corrected chi connectivity index (χ1v) is 11.1. The summed E-state index contributed by atoms with van der Waals surface area (Å²) in [6.45, 7) is 3.49. The number of fused-ring (bicyclic) bond motifs is 2. The monoisotopic (exact) mass is 456 g/mol. The van der Waals surface area contributed by atoms with Crippen LogP contribution in [-0.4, -0.2) is 36.8 Å². The van der Waals surface area contributed by atoms with E-state index in [0.29, 0.717) is 30.4 Å². The molecule has 2 rings (SSSR count). The number of amides is 2. The first kappa shape index (κ1) is 25.8. The van der Waals surface area contributed by atoms with E-state index in [4.69, 9.17) is 15.2 Å². The van der Waals surface area contributed by atoms with Gasteiger partial charge in [0.25, 0.3) is 5.91 Å². The number of carbonyl (C=O) groups excluding carboxylic acids is 4. The number of carbonyl (C=O) groups is 4. The molecule has 0 aromatic carbocycles. The van der Waals surface area contributed by atoms with Crippen molar-refractivity contribution in [3.8, 4) is 0 Å². The van der Waals surface area contributed by atoms with Crippen LogP contribution in [0, 0.1) is 0 Å². The number of nitrogens with two attached hydrogens (primary N) is 1. The van der Waals surface area contributed by atoms with Crippen LogP contribution in [0.4, 0.5) is 4.79 Å². The second-order valence-electron chi connectivity index (χ2n) is 8.06. The van der Waals surface area contributed by atoms with E-state index >= 15 is 0 Å². The first-order valence-electron chi connectivity index (χ1n) is 11.1. The van der Waals surface area contributed by atoms with Crippen LogP contribution in [0.15, 0.2) is 58.6 Å². The molecule has 1 heterocycles. The molecule has 2 aliphatic rings. The molecule has 8 heteroatoms. The molecule has 0 spiro atoms. The van der Waals surface area contributed by atoms with Gasteiger partial charge in [-0.25, -0.2) is 4.79 Å². The molecule has 178 valence electrons. The molecule has 1 atom stereocenters. The normalized spacial score (nSPS) is 25.7. The highest BCUT2D eigenvalue weighted by Crippen LogP contribution is 2.24. The number of primary amides is 1. The summed E-state index contributed by atoms with van der Waals surface area (Å²) in [5, 5.41) is 2.54. The topological polar surface area (TPSA) is 125 Å². The van der Waals surface area contributed by atoms with Crippen LogP contribution >= 0.6 is 0 Å². The smallest absolute Gasteiger partial charge is 0.405 e. The molecular formula is C25H32N2O6. The van der Waals surface area contributed by atoms with Crippen molar-refractivity contribution in [2.45, 2.75) is 64.9 Å². The molecule has 1 aliphatic carbocycles. The number of allylic oxidation sites excluding steroid dienone is 5. The number of ether oxygens (including phenoxy) is 2. The molecule has 8 nitrogen and oxygen atoms in total. The van der Waals surface area contributed by atoms with E-state index in [1.807, 2.05) is 13.0 Å². The average molecular weight is 457 g/mol. The molecule has 1 aliphatic heterocycles. The minimum absolute atomic E-state index is 0.0399. The number of methoxy groups -OCH3 is 1. The van der Waals surface area contributed by atoms with Crippen molar-refractivity contribution in [2.24, 2.45) is 5.73 Å². The Bertz CT molecular complexity index is 952. The third-order valence-electron chi connectivity index (χ3n) is 5.55. The summed E-state index contributed by atoms with van der Waals surface area (Å²) in [6.07, 6.45) is 11.9. The number of nitrogens with one attached hydrogen (secondary N) is 1. The van der Waals surface area contributed by atoms with Gasteiger partial charge in [-0.1, -0.05) is 37.1 Å². The SMILES string of the molecule is COC1=C2CCCCCC/C=C(\C)[C@H](OC(N)=O)C/C=C\C=C(/C)C(=O)NC(=CC1=O)C2=O. The highest BCUT2D eigenvalue weighted by Gasteiger charge is 2.30. The van der Waals surface area contributed by atoms with Crippen molar-refractivity contribution in [3.63, 3.8) is 0 Å². The maximum Gasteiger partial charge on any atom is 0.405 e. The van der Waals surface area contributed by atoms with Crippen molar-refractivity contribution in [1.29, 1.82) is 0 Å². The summed E-state index contributed by atoms with van der Waals surface area (Å²) in [5.41, 5.74) is 6.70. The first-order chi connectivity index (χ1) is 15.7. The van der Waals surface area contributed by atoms with Gasteiger partial charge < -0.3 is 20.5 Å². The number of Topliss-reactive ketones (excluding diaryl/α,β-unsaturated/α-hetero) is 1. The summed E-state index contributed by atoms with van der Waals surface area (Å²) >= 11 is 0. The predicted molar refractivity (Wildman–Crippen MR) is 124 cm³/mol. The van der Waals surface area contributed by atoms with Gasteiger partial charge in [0.15, 0.2) is 5.76 Å². The van der Waals surface area contributed by atoms with Crippen molar-refractivity contribution >= 4 is 23.6 Å². The maximum absolute atomic E-state index is 12.9. The van der Waals surface area contributed by atoms with E-state index in [1.165, 1.54) is 7.11 Å². The third-order valence-corrected chi connectivity index (χ3v) is 5.55. The predicted octanol–water partition coefficient (Wildman–Crippen LogP) is 3.70. The molecular weight excluding hydrogens is 424 g/mol. The van der Waals surface area contributed by atoms with Gasteiger partial charge in [-0.2, -0.15) is 0 Å². The van der Waals surface area contributed by atoms with E-state index in [9.17, 15) is 19.2 Å². The minimum Gasteiger partial charge on any atom is -0.492 e. The molecule has 33 heavy (non-hydrogen) atoms. The summed E-state index contributed by atoms with van der Waals surface area (Å²) in [7, 11) is 1.36. The van der Waals surface area contributed by atoms with Crippen LogP contribution in [0.2, 0.25) is 0 Å². The lowest BCUT2D eigenvalue weighted by Gasteiger charge is -2.19. The number of ketones is 2. The van der Waals surface area contributed by atoms with Gasteiger partial charge in [0, 0.05) is 23.6 Å². The van der Waals surface area contributed by atoms with Gasteiger partial charge in [0.1, 0.15) is 6.10 Å². The lowest BCUT2D eigenvalue weighted by Crippen LogP contribution is -2.33. The molecule has 0 aromatic heterocycles. The second-order valence-corrected chi connectivity index (χ2v) is 8.06. The standard InChI is InChI=1S/C25H32N2O6/c1-16-11-7-5-4-6-8-13-18-22(29)19(15-20(28)23(18)32-3)27-24(30)17(2)12-9-10-14-21(16)33-25(26)31/h9-12,15,21H,4-8,13-14H2,1-3H3,(H2,26,31)(H,27,30)/b10-9-,16-11+,17-12+/t21-/m1/s1. The zero-order valence-electron chi connectivity index (χ0n) is 19.4. The number of rotatable bonds is 2. The Kier molecular flexibility index (Phi) is 9.84. The quantitative estimate of drug-likeness (QED) is 0.482. The van der Waals surface area contributed by atoms with Crippen molar-refractivity contribution in [1.82, 2.24) is 5.32 Å². The fourth-order valence-electron chi connectivity index (χ4n) is 3.66. The van der Waals surface area contributed by atoms with Crippen LogP contribution in [-0.2, 0) is 23.9 Å². The molecule has 0 saturated heterocycles. The Morgan fingerprint density at radius 1 is 1.12 bits per heavy atom. The van der Waals surface area contributed by atoms with Gasteiger partial charge >= 0.3 is 6.09 Å². The van der Waals surface area contributed by atoms with Crippen LogP contribution in [0.3, 0.4) is 0 Å². The second kappa shape index (κ2) is 12.6. The maximum atomic E-state index is 12.9. The minimum atomic E-state index is -0.839. The lowest BCUT2D eigenvalue weighted by molar-refractivity contribution is -0.120. The fraction of sp³-hybridized carbons (Fsp3) is 0.440. The van der Waals surface area contributed by atoms with E-state index in [0.717, 1.165) is 37.3 Å². The summed E-state index contributed by atoms with van der Waals surface area (Å²) in [5.74, 6) is -1.29. The Labute approximate surface area is 194 Å². The fourth-order valence-corrected chi connectivity index (χ4v) is 3.66. The van der Waals surface area contributed by atoms with Gasteiger partial charge in [-0.15, -0.1) is 0 Å². The third kappa shape index (κ3) is 7.59. The Morgan fingerprint density at radius 3 is 2.55 bits per heavy atom. The lowest BCUT2D eigenvalue weighted by atomic mass is 9.93. The Balaban J connectivity index is 2.28. The van der Waals surface area contributed by atoms with E-state index in [1.54, 1.807) is 25.2 Å². The Morgan fingerprint density at radius 2 is 1.85 bits per heavy atom. The van der Waals surface area contributed by atoms with Gasteiger partial charge in [0.05, 0.1) is 12.8 Å². The van der Waals surface area contributed by atoms with Crippen LogP contribution in [0.1, 0.15) is 58.8 Å². The van der Waals surface area contributed by atoms with Gasteiger partial charge in [-0.3, -0.25) is 14.4 Å². The highest BCUT2D eigenvalue weighted by molar-refractivity contribution is 6.23. The average Bonchev–Trinajstić information content (AvgIpc) is 2.76. The van der Waals surface area contributed by atoms with E-state index in [2.05, 4.69) is 5.32 Å². The molecule has 3 N–H and O–H groups in total. The van der Waals surface area contributed by atoms with E-state index in [-0.39, 0.29) is 11.5 Å². The number of hydrogen-bond acceptors (Lipinski definition) is 6. The molecule has 2 bridgehead atoms. The van der Waals surface area contributed by atoms with Crippen LogP contribution in [0.25, 0.3) is 0 Å². The molecule has 0 saturated carbocycles. The summed E-state index contributed by atoms with van der Waals surface area (Å²) in [4.78, 5) is 49.2. The summed E-state index contributed by atoms with van der Waals surface area (Å²) < 4.78 is 10.4. The Hall–Kier alpha value is -3.42. The molecule has 0 radical (unpaired) electrons. The van der Waals surface area contributed by atoms with E-state index < -0.39 is 29.7 Å². The van der Waals surface area contributed by atoms with Gasteiger partial charge in [-0.05, 0) is 45.1 Å². The van der Waals surface area contributed by atoms with Crippen molar-refractivity contribution in [2.75, 3.05) is 7.11 Å². The molecule has 2 amide bonds. The highest BCUT2D eigenvalue weighted by atomic mass is 16.6. The zero-order valence-corrected chi connectivity index (χ0v) is 19.4. The summed E-state index contributed by atoms with van der Waals surface area (Å²) in [6, 6.07) is 0.